The van der Waals surface area contributed by atoms with E-state index in [-0.39, 0.29) is 0 Å². The van der Waals surface area contributed by atoms with Crippen molar-refractivity contribution in [3.05, 3.63) is 12.2 Å². The van der Waals surface area contributed by atoms with Gasteiger partial charge < -0.3 is 5.73 Å². The summed E-state index contributed by atoms with van der Waals surface area (Å²) in [6.45, 7) is 5.97. The summed E-state index contributed by atoms with van der Waals surface area (Å²) in [5, 5.41) is 0. The maximum atomic E-state index is 5.65. The van der Waals surface area contributed by atoms with Crippen LogP contribution in [0.1, 0.15) is 32.6 Å². The maximum Gasteiger partial charge on any atom is 0.00441 e. The molecule has 0 atom stereocenters. The molecule has 0 aromatic carbocycles. The third-order valence-corrected chi connectivity index (χ3v) is 2.25. The van der Waals surface area contributed by atoms with Gasteiger partial charge in [0.25, 0.3) is 0 Å². The summed E-state index contributed by atoms with van der Waals surface area (Å²) in [7, 11) is 0. The molecule has 1 nitrogen and oxygen atoms in total. The topological polar surface area (TPSA) is 26.0 Å². The van der Waals surface area contributed by atoms with E-state index in [0.29, 0.717) is 6.04 Å². The SMILES string of the molecule is C=C(C)CCC1CC(N)C1. The van der Waals surface area contributed by atoms with Crippen molar-refractivity contribution in [1.29, 1.82) is 0 Å². The summed E-state index contributed by atoms with van der Waals surface area (Å²) >= 11 is 0. The molecule has 0 aromatic rings. The highest BCUT2D eigenvalue weighted by Gasteiger charge is 2.24. The van der Waals surface area contributed by atoms with Crippen LogP contribution in [0.3, 0.4) is 0 Å². The van der Waals surface area contributed by atoms with Gasteiger partial charge in [0.2, 0.25) is 0 Å². The number of rotatable bonds is 3. The van der Waals surface area contributed by atoms with Crippen molar-refractivity contribution in [1.82, 2.24) is 0 Å². The summed E-state index contributed by atoms with van der Waals surface area (Å²) < 4.78 is 0. The highest BCUT2D eigenvalue weighted by molar-refractivity contribution is 4.91. The first kappa shape index (κ1) is 7.80. The van der Waals surface area contributed by atoms with Gasteiger partial charge in [-0.15, -0.1) is 6.58 Å². The van der Waals surface area contributed by atoms with Crippen molar-refractivity contribution in [2.75, 3.05) is 0 Å². The quantitative estimate of drug-likeness (QED) is 0.595. The Morgan fingerprint density at radius 2 is 2.20 bits per heavy atom. The highest BCUT2D eigenvalue weighted by atomic mass is 14.7. The molecule has 2 N–H and O–H groups in total. The lowest BCUT2D eigenvalue weighted by molar-refractivity contribution is 0.250. The minimum atomic E-state index is 0.509. The monoisotopic (exact) mass is 139 g/mol. The molecule has 0 saturated heterocycles. The van der Waals surface area contributed by atoms with Crippen LogP contribution in [0.25, 0.3) is 0 Å². The Kier molecular flexibility index (Phi) is 2.50. The zero-order valence-corrected chi connectivity index (χ0v) is 6.77. The van der Waals surface area contributed by atoms with Crippen molar-refractivity contribution >= 4 is 0 Å². The fraction of sp³-hybridized carbons (Fsp3) is 0.778. The predicted octanol–water partition coefficient (Wildman–Crippen LogP) is 2.08. The molecule has 0 radical (unpaired) electrons. The molecule has 1 fully saturated rings. The van der Waals surface area contributed by atoms with E-state index in [1.165, 1.54) is 31.3 Å². The van der Waals surface area contributed by atoms with Crippen molar-refractivity contribution in [2.45, 2.75) is 38.6 Å². The van der Waals surface area contributed by atoms with Gasteiger partial charge in [-0.05, 0) is 38.5 Å². The molecule has 1 heteroatoms. The van der Waals surface area contributed by atoms with E-state index in [9.17, 15) is 0 Å². The molecule has 1 saturated carbocycles. The highest BCUT2D eigenvalue weighted by Crippen LogP contribution is 2.30. The van der Waals surface area contributed by atoms with Crippen LogP contribution in [-0.2, 0) is 0 Å². The van der Waals surface area contributed by atoms with Crippen molar-refractivity contribution < 1.29 is 0 Å². The van der Waals surface area contributed by atoms with Gasteiger partial charge in [0, 0.05) is 6.04 Å². The van der Waals surface area contributed by atoms with E-state index in [4.69, 9.17) is 5.73 Å². The lowest BCUT2D eigenvalue weighted by Gasteiger charge is -2.32. The Labute approximate surface area is 63.3 Å². The van der Waals surface area contributed by atoms with Crippen LogP contribution in [0, 0.1) is 5.92 Å². The fourth-order valence-electron chi connectivity index (χ4n) is 1.47. The second-order valence-corrected chi connectivity index (χ2v) is 3.59. The second kappa shape index (κ2) is 3.20. The van der Waals surface area contributed by atoms with E-state index in [1.54, 1.807) is 0 Å². The molecule has 0 unspecified atom stereocenters. The van der Waals surface area contributed by atoms with Crippen LogP contribution in [0.5, 0.6) is 0 Å². The molecule has 1 rings (SSSR count). The third-order valence-electron chi connectivity index (χ3n) is 2.25. The third kappa shape index (κ3) is 2.14. The van der Waals surface area contributed by atoms with Crippen molar-refractivity contribution in [3.63, 3.8) is 0 Å². The largest absolute Gasteiger partial charge is 0.328 e. The predicted molar refractivity (Wildman–Crippen MR) is 44.7 cm³/mol. The Morgan fingerprint density at radius 1 is 1.60 bits per heavy atom. The normalized spacial score (nSPS) is 31.4. The Morgan fingerprint density at radius 3 is 2.60 bits per heavy atom. The van der Waals surface area contributed by atoms with Crippen LogP contribution in [-0.4, -0.2) is 6.04 Å². The Hall–Kier alpha value is -0.300. The molecule has 58 valence electrons. The van der Waals surface area contributed by atoms with E-state index < -0.39 is 0 Å². The standard InChI is InChI=1S/C9H17N/c1-7(2)3-4-8-5-9(10)6-8/h8-9H,1,3-6,10H2,2H3. The second-order valence-electron chi connectivity index (χ2n) is 3.59. The minimum Gasteiger partial charge on any atom is -0.328 e. The summed E-state index contributed by atoms with van der Waals surface area (Å²) in [6.07, 6.45) is 4.99. The molecular weight excluding hydrogens is 122 g/mol. The van der Waals surface area contributed by atoms with Crippen molar-refractivity contribution in [3.8, 4) is 0 Å². The smallest absolute Gasteiger partial charge is 0.00441 e. The summed E-state index contributed by atoms with van der Waals surface area (Å²) in [5.41, 5.74) is 6.96. The summed E-state index contributed by atoms with van der Waals surface area (Å²) in [5.74, 6) is 0.909. The van der Waals surface area contributed by atoms with Crippen LogP contribution in [0.2, 0.25) is 0 Å². The van der Waals surface area contributed by atoms with Gasteiger partial charge in [-0.1, -0.05) is 5.57 Å². The summed E-state index contributed by atoms with van der Waals surface area (Å²) in [4.78, 5) is 0. The van der Waals surface area contributed by atoms with E-state index >= 15 is 0 Å². The average Bonchev–Trinajstić information content (AvgIpc) is 1.77. The fourth-order valence-corrected chi connectivity index (χ4v) is 1.47. The van der Waals surface area contributed by atoms with E-state index in [0.717, 1.165) is 5.92 Å². The zero-order chi connectivity index (χ0) is 7.56. The van der Waals surface area contributed by atoms with Crippen molar-refractivity contribution in [2.24, 2.45) is 11.7 Å². The van der Waals surface area contributed by atoms with Gasteiger partial charge in [0.15, 0.2) is 0 Å². The molecule has 0 aromatic heterocycles. The van der Waals surface area contributed by atoms with Gasteiger partial charge in [-0.3, -0.25) is 0 Å². The van der Waals surface area contributed by atoms with Gasteiger partial charge in [-0.2, -0.15) is 0 Å². The molecule has 0 amide bonds. The van der Waals surface area contributed by atoms with Gasteiger partial charge >= 0.3 is 0 Å². The number of allylic oxidation sites excluding steroid dienone is 1. The first-order valence-corrected chi connectivity index (χ1v) is 4.08. The zero-order valence-electron chi connectivity index (χ0n) is 6.77. The Bertz CT molecular complexity index is 123. The van der Waals surface area contributed by atoms with Gasteiger partial charge in [0.05, 0.1) is 0 Å². The van der Waals surface area contributed by atoms with Crippen LogP contribution >= 0.6 is 0 Å². The molecule has 1 aliphatic carbocycles. The molecule has 0 spiro atoms. The first-order valence-electron chi connectivity index (χ1n) is 4.08. The Balaban J connectivity index is 2.00. The lowest BCUT2D eigenvalue weighted by atomic mass is 9.78. The van der Waals surface area contributed by atoms with Gasteiger partial charge in [0.1, 0.15) is 0 Å². The average molecular weight is 139 g/mol. The minimum absolute atomic E-state index is 0.509. The molecule has 1 aliphatic rings. The van der Waals surface area contributed by atoms with Crippen LogP contribution in [0.15, 0.2) is 12.2 Å². The number of hydrogen-bond donors (Lipinski definition) is 1. The molecule has 0 bridgehead atoms. The van der Waals surface area contributed by atoms with E-state index in [2.05, 4.69) is 13.5 Å². The maximum absolute atomic E-state index is 5.65. The van der Waals surface area contributed by atoms with E-state index in [1.807, 2.05) is 0 Å². The number of nitrogens with two attached hydrogens (primary N) is 1. The lowest BCUT2D eigenvalue weighted by Crippen LogP contribution is -2.36. The van der Waals surface area contributed by atoms with Crippen LogP contribution < -0.4 is 5.73 Å². The summed E-state index contributed by atoms with van der Waals surface area (Å²) in [6, 6.07) is 0.509. The number of hydrogen-bond acceptors (Lipinski definition) is 1. The van der Waals surface area contributed by atoms with Gasteiger partial charge in [-0.25, -0.2) is 0 Å². The molecule has 10 heavy (non-hydrogen) atoms. The molecular formula is C9H17N. The molecule has 0 heterocycles. The first-order chi connectivity index (χ1) is 4.68. The molecule has 0 aliphatic heterocycles. The van der Waals surface area contributed by atoms with Crippen LogP contribution in [0.4, 0.5) is 0 Å².